The highest BCUT2D eigenvalue weighted by molar-refractivity contribution is 5.84. The van der Waals surface area contributed by atoms with Crippen LogP contribution < -0.4 is 4.90 Å². The Kier molecular flexibility index (Phi) is 3.95. The van der Waals surface area contributed by atoms with Gasteiger partial charge in [0.25, 0.3) is 5.95 Å². The molecule has 94 valence electrons. The molecule has 0 aromatic carbocycles. The lowest BCUT2D eigenvalue weighted by molar-refractivity contribution is 0.0470. The van der Waals surface area contributed by atoms with Crippen LogP contribution in [-0.4, -0.2) is 35.8 Å². The Balaban J connectivity index is 2.03. The number of hydrogen-bond donors (Lipinski definition) is 0. The highest BCUT2D eigenvalue weighted by Crippen LogP contribution is 2.16. The van der Waals surface area contributed by atoms with Crippen LogP contribution in [0.15, 0.2) is 4.52 Å². The predicted molar refractivity (Wildman–Crippen MR) is 60.9 cm³/mol. The molecule has 1 aliphatic heterocycles. The van der Waals surface area contributed by atoms with Gasteiger partial charge in [-0.1, -0.05) is 12.8 Å². The molecule has 1 aromatic rings. The molecule has 0 saturated carbocycles. The first-order chi connectivity index (χ1) is 8.31. The maximum Gasteiger partial charge on any atom is 0.397 e. The molecule has 0 N–H and O–H groups in total. The van der Waals surface area contributed by atoms with Gasteiger partial charge in [-0.2, -0.15) is 4.98 Å². The van der Waals surface area contributed by atoms with Gasteiger partial charge in [0.1, 0.15) is 0 Å². The first-order valence-electron chi connectivity index (χ1n) is 6.07. The number of nitrogens with zero attached hydrogens (tertiary/aromatic N) is 3. The Morgan fingerprint density at radius 3 is 2.71 bits per heavy atom. The van der Waals surface area contributed by atoms with Gasteiger partial charge in [-0.25, -0.2) is 4.79 Å². The Hall–Kier alpha value is -1.59. The van der Waals surface area contributed by atoms with E-state index in [9.17, 15) is 4.79 Å². The van der Waals surface area contributed by atoms with Crippen LogP contribution in [0.5, 0.6) is 0 Å². The molecule has 17 heavy (non-hydrogen) atoms. The fourth-order valence-corrected chi connectivity index (χ4v) is 1.89. The number of esters is 1. The number of ether oxygens (including phenoxy) is 1. The van der Waals surface area contributed by atoms with Crippen LogP contribution in [0.25, 0.3) is 0 Å². The van der Waals surface area contributed by atoms with Crippen LogP contribution in [0.1, 0.15) is 43.3 Å². The van der Waals surface area contributed by atoms with Crippen molar-refractivity contribution in [3.8, 4) is 0 Å². The molecule has 1 aromatic heterocycles. The van der Waals surface area contributed by atoms with Gasteiger partial charge in [0.05, 0.1) is 6.61 Å². The quantitative estimate of drug-likeness (QED) is 0.747. The molecule has 0 aliphatic carbocycles. The minimum atomic E-state index is -0.555. The smallest absolute Gasteiger partial charge is 0.397 e. The Labute approximate surface area is 99.9 Å². The zero-order valence-electron chi connectivity index (χ0n) is 10.0. The van der Waals surface area contributed by atoms with E-state index in [1.807, 2.05) is 0 Å². The standard InChI is InChI=1S/C11H17N3O3/c1-2-16-10(15)9-12-11(13-17-9)14-7-5-3-4-6-8-14/h2-8H2,1H3. The number of carbonyl (C=O) groups excluding carboxylic acids is 1. The molecule has 1 fully saturated rings. The topological polar surface area (TPSA) is 68.5 Å². The third-order valence-electron chi connectivity index (χ3n) is 2.75. The molecule has 0 spiro atoms. The predicted octanol–water partition coefficient (Wildman–Crippen LogP) is 1.63. The lowest BCUT2D eigenvalue weighted by atomic mass is 10.2. The zero-order chi connectivity index (χ0) is 12.1. The van der Waals surface area contributed by atoms with Crippen molar-refractivity contribution in [3.05, 3.63) is 5.89 Å². The van der Waals surface area contributed by atoms with E-state index in [0.29, 0.717) is 12.6 Å². The Morgan fingerprint density at radius 2 is 2.06 bits per heavy atom. The van der Waals surface area contributed by atoms with Gasteiger partial charge in [0.2, 0.25) is 0 Å². The summed E-state index contributed by atoms with van der Waals surface area (Å²) in [5.74, 6) is -0.123. The SMILES string of the molecule is CCOC(=O)c1nc(N2CCCCCC2)no1. The first-order valence-corrected chi connectivity index (χ1v) is 6.07. The fraction of sp³-hybridized carbons (Fsp3) is 0.727. The summed E-state index contributed by atoms with van der Waals surface area (Å²) in [5, 5.41) is 3.82. The molecule has 2 rings (SSSR count). The normalized spacial score (nSPS) is 16.6. The first kappa shape index (κ1) is 11.9. The van der Waals surface area contributed by atoms with Crippen molar-refractivity contribution in [1.29, 1.82) is 0 Å². The fourth-order valence-electron chi connectivity index (χ4n) is 1.89. The molecule has 0 atom stereocenters. The van der Waals surface area contributed by atoms with Gasteiger partial charge in [0.15, 0.2) is 0 Å². The van der Waals surface area contributed by atoms with E-state index in [0.717, 1.165) is 25.9 Å². The van der Waals surface area contributed by atoms with Crippen molar-refractivity contribution in [2.45, 2.75) is 32.6 Å². The van der Waals surface area contributed by atoms with E-state index >= 15 is 0 Å². The molecule has 0 radical (unpaired) electrons. The summed E-state index contributed by atoms with van der Waals surface area (Å²) in [5.41, 5.74) is 0. The van der Waals surface area contributed by atoms with Gasteiger partial charge >= 0.3 is 11.9 Å². The van der Waals surface area contributed by atoms with Crippen LogP contribution in [0, 0.1) is 0 Å². The third-order valence-corrected chi connectivity index (χ3v) is 2.75. The maximum atomic E-state index is 11.4. The van der Waals surface area contributed by atoms with Crippen molar-refractivity contribution in [2.24, 2.45) is 0 Å². The minimum absolute atomic E-state index is 0.0638. The highest BCUT2D eigenvalue weighted by atomic mass is 16.6. The summed E-state index contributed by atoms with van der Waals surface area (Å²) in [7, 11) is 0. The van der Waals surface area contributed by atoms with E-state index in [1.165, 1.54) is 12.8 Å². The average Bonchev–Trinajstić information content (AvgIpc) is 2.66. The van der Waals surface area contributed by atoms with Crippen LogP contribution in [0.2, 0.25) is 0 Å². The summed E-state index contributed by atoms with van der Waals surface area (Å²) in [6.45, 7) is 3.88. The van der Waals surface area contributed by atoms with Crippen LogP contribution in [0.3, 0.4) is 0 Å². The largest absolute Gasteiger partial charge is 0.459 e. The number of carbonyl (C=O) groups is 1. The van der Waals surface area contributed by atoms with Crippen molar-refractivity contribution in [2.75, 3.05) is 24.6 Å². The van der Waals surface area contributed by atoms with Crippen LogP contribution in [0.4, 0.5) is 5.95 Å². The molecule has 0 bridgehead atoms. The summed E-state index contributed by atoms with van der Waals surface area (Å²) in [4.78, 5) is 17.5. The molecular formula is C11H17N3O3. The van der Waals surface area contributed by atoms with Crippen molar-refractivity contribution < 1.29 is 14.1 Å². The van der Waals surface area contributed by atoms with E-state index < -0.39 is 5.97 Å². The Bertz CT molecular complexity index is 370. The molecule has 0 unspecified atom stereocenters. The highest BCUT2D eigenvalue weighted by Gasteiger charge is 2.20. The summed E-state index contributed by atoms with van der Waals surface area (Å²) < 4.78 is 9.70. The van der Waals surface area contributed by atoms with Gasteiger partial charge in [-0.15, -0.1) is 0 Å². The molecule has 6 heteroatoms. The second kappa shape index (κ2) is 5.65. The van der Waals surface area contributed by atoms with Crippen LogP contribution >= 0.6 is 0 Å². The molecular weight excluding hydrogens is 222 g/mol. The van der Waals surface area contributed by atoms with E-state index in [-0.39, 0.29) is 5.89 Å². The monoisotopic (exact) mass is 239 g/mol. The molecule has 6 nitrogen and oxygen atoms in total. The van der Waals surface area contributed by atoms with Gasteiger partial charge in [-0.05, 0) is 24.9 Å². The lowest BCUT2D eigenvalue weighted by Gasteiger charge is -2.16. The average molecular weight is 239 g/mol. The van der Waals surface area contributed by atoms with E-state index in [1.54, 1.807) is 6.92 Å². The number of hydrogen-bond acceptors (Lipinski definition) is 6. The molecule has 1 aliphatic rings. The molecule has 1 saturated heterocycles. The van der Waals surface area contributed by atoms with Gasteiger partial charge in [0, 0.05) is 13.1 Å². The Morgan fingerprint density at radius 1 is 1.35 bits per heavy atom. The van der Waals surface area contributed by atoms with E-state index in [2.05, 4.69) is 15.0 Å². The molecule has 0 amide bonds. The van der Waals surface area contributed by atoms with Crippen molar-refractivity contribution in [3.63, 3.8) is 0 Å². The summed E-state index contributed by atoms with van der Waals surface area (Å²) in [6.07, 6.45) is 4.73. The lowest BCUT2D eigenvalue weighted by Crippen LogP contribution is -2.25. The van der Waals surface area contributed by atoms with E-state index in [4.69, 9.17) is 9.26 Å². The maximum absolute atomic E-state index is 11.4. The number of aromatic nitrogens is 2. The second-order valence-electron chi connectivity index (χ2n) is 4.02. The molecule has 2 heterocycles. The van der Waals surface area contributed by atoms with Gasteiger partial charge < -0.3 is 14.2 Å². The third kappa shape index (κ3) is 2.95. The number of rotatable bonds is 3. The minimum Gasteiger partial charge on any atom is -0.459 e. The zero-order valence-corrected chi connectivity index (χ0v) is 10.0. The van der Waals surface area contributed by atoms with Crippen LogP contribution in [-0.2, 0) is 4.74 Å². The van der Waals surface area contributed by atoms with Gasteiger partial charge in [-0.3, -0.25) is 0 Å². The summed E-state index contributed by atoms with van der Waals surface area (Å²) >= 11 is 0. The summed E-state index contributed by atoms with van der Waals surface area (Å²) in [6, 6.07) is 0. The van der Waals surface area contributed by atoms with Crippen molar-refractivity contribution >= 4 is 11.9 Å². The van der Waals surface area contributed by atoms with Crippen molar-refractivity contribution in [1.82, 2.24) is 10.1 Å². The second-order valence-corrected chi connectivity index (χ2v) is 4.02. The number of anilines is 1.